The predicted molar refractivity (Wildman–Crippen MR) is 76.7 cm³/mol. The highest BCUT2D eigenvalue weighted by Crippen LogP contribution is 2.22. The molecular weight excluding hydrogens is 262 g/mol. The zero-order valence-corrected chi connectivity index (χ0v) is 12.6. The van der Waals surface area contributed by atoms with E-state index in [2.05, 4.69) is 12.2 Å². The number of rotatable bonds is 6. The Morgan fingerprint density at radius 3 is 2.47 bits per heavy atom. The number of aryl methyl sites for hydroxylation is 2. The number of carbonyl (C=O) groups is 2. The first-order valence-electron chi connectivity index (χ1n) is 6.47. The van der Waals surface area contributed by atoms with Crippen molar-refractivity contribution in [1.82, 2.24) is 5.32 Å². The summed E-state index contributed by atoms with van der Waals surface area (Å²) in [5, 5.41) is 11.8. The number of aliphatic carboxylic acids is 1. The van der Waals surface area contributed by atoms with Gasteiger partial charge in [0.05, 0.1) is 10.8 Å². The van der Waals surface area contributed by atoms with Crippen molar-refractivity contribution in [3.8, 4) is 0 Å². The standard InChI is InChI=1S/C14H21NO3S/c1-5-10-6-12(19-9(10)4)13(16)15-7-11(8(2)3)14(17)18/h6,8,11H,5,7H2,1-4H3,(H,15,16)(H,17,18). The summed E-state index contributed by atoms with van der Waals surface area (Å²) in [6, 6.07) is 1.89. The number of carboxylic acid groups (broad SMARTS) is 1. The van der Waals surface area contributed by atoms with E-state index in [4.69, 9.17) is 5.11 Å². The molecule has 1 atom stereocenters. The van der Waals surface area contributed by atoms with Gasteiger partial charge < -0.3 is 10.4 Å². The third kappa shape index (κ3) is 4.06. The van der Waals surface area contributed by atoms with Gasteiger partial charge in [0.2, 0.25) is 0 Å². The molecule has 0 saturated heterocycles. The van der Waals surface area contributed by atoms with Crippen molar-refractivity contribution >= 4 is 23.2 Å². The molecule has 106 valence electrons. The Morgan fingerprint density at radius 2 is 2.05 bits per heavy atom. The molecule has 19 heavy (non-hydrogen) atoms. The van der Waals surface area contributed by atoms with E-state index >= 15 is 0 Å². The fourth-order valence-electron chi connectivity index (χ4n) is 1.88. The van der Waals surface area contributed by atoms with Gasteiger partial charge in [-0.15, -0.1) is 11.3 Å². The third-order valence-corrected chi connectivity index (χ3v) is 4.32. The average Bonchev–Trinajstić information content (AvgIpc) is 2.69. The fraction of sp³-hybridized carbons (Fsp3) is 0.571. The van der Waals surface area contributed by atoms with Crippen molar-refractivity contribution in [1.29, 1.82) is 0 Å². The third-order valence-electron chi connectivity index (χ3n) is 3.23. The van der Waals surface area contributed by atoms with Gasteiger partial charge in [0.15, 0.2) is 0 Å². The summed E-state index contributed by atoms with van der Waals surface area (Å²) in [7, 11) is 0. The molecule has 0 radical (unpaired) electrons. The minimum Gasteiger partial charge on any atom is -0.481 e. The molecule has 1 heterocycles. The Hall–Kier alpha value is -1.36. The van der Waals surface area contributed by atoms with Crippen LogP contribution in [0.1, 0.15) is 40.9 Å². The Morgan fingerprint density at radius 1 is 1.42 bits per heavy atom. The number of amides is 1. The summed E-state index contributed by atoms with van der Waals surface area (Å²) >= 11 is 1.46. The molecule has 1 aromatic rings. The number of carboxylic acids is 1. The maximum absolute atomic E-state index is 12.0. The lowest BCUT2D eigenvalue weighted by Crippen LogP contribution is -2.35. The summed E-state index contributed by atoms with van der Waals surface area (Å²) in [5.74, 6) is -1.60. The van der Waals surface area contributed by atoms with E-state index in [1.54, 1.807) is 0 Å². The highest BCUT2D eigenvalue weighted by atomic mass is 32.1. The Bertz CT molecular complexity index is 465. The Kier molecular flexibility index (Phi) is 5.54. The molecule has 1 aromatic heterocycles. The number of hydrogen-bond donors (Lipinski definition) is 2. The summed E-state index contributed by atoms with van der Waals surface area (Å²) < 4.78 is 0. The largest absolute Gasteiger partial charge is 0.481 e. The van der Waals surface area contributed by atoms with Crippen LogP contribution in [0, 0.1) is 18.8 Å². The van der Waals surface area contributed by atoms with Crippen LogP contribution in [0.3, 0.4) is 0 Å². The van der Waals surface area contributed by atoms with Crippen LogP contribution in [-0.4, -0.2) is 23.5 Å². The van der Waals surface area contributed by atoms with E-state index in [9.17, 15) is 9.59 Å². The molecule has 1 rings (SSSR count). The summed E-state index contributed by atoms with van der Waals surface area (Å²) in [5.41, 5.74) is 1.17. The fourth-order valence-corrected chi connectivity index (χ4v) is 2.91. The second-order valence-corrected chi connectivity index (χ2v) is 6.20. The van der Waals surface area contributed by atoms with Crippen molar-refractivity contribution in [2.24, 2.45) is 11.8 Å². The van der Waals surface area contributed by atoms with Crippen molar-refractivity contribution in [2.45, 2.75) is 34.1 Å². The lowest BCUT2D eigenvalue weighted by atomic mass is 9.96. The molecular formula is C14H21NO3S. The van der Waals surface area contributed by atoms with Crippen LogP contribution in [0.4, 0.5) is 0 Å². The van der Waals surface area contributed by atoms with Crippen LogP contribution in [0.15, 0.2) is 6.07 Å². The first-order valence-corrected chi connectivity index (χ1v) is 7.28. The van der Waals surface area contributed by atoms with Gasteiger partial charge in [0.1, 0.15) is 0 Å². The molecule has 0 aliphatic carbocycles. The quantitative estimate of drug-likeness (QED) is 0.843. The lowest BCUT2D eigenvalue weighted by molar-refractivity contribution is -0.142. The van der Waals surface area contributed by atoms with Crippen LogP contribution in [0.2, 0.25) is 0 Å². The topological polar surface area (TPSA) is 66.4 Å². The molecule has 1 amide bonds. The average molecular weight is 283 g/mol. The van der Waals surface area contributed by atoms with Gasteiger partial charge in [-0.2, -0.15) is 0 Å². The van der Waals surface area contributed by atoms with Gasteiger partial charge >= 0.3 is 5.97 Å². The van der Waals surface area contributed by atoms with Gasteiger partial charge in [-0.3, -0.25) is 9.59 Å². The van der Waals surface area contributed by atoms with E-state index in [1.165, 1.54) is 16.9 Å². The summed E-state index contributed by atoms with van der Waals surface area (Å²) in [6.45, 7) is 7.90. The molecule has 0 spiro atoms. The van der Waals surface area contributed by atoms with E-state index in [0.29, 0.717) is 4.88 Å². The van der Waals surface area contributed by atoms with Gasteiger partial charge in [0, 0.05) is 11.4 Å². The normalized spacial score (nSPS) is 12.5. The monoisotopic (exact) mass is 283 g/mol. The predicted octanol–water partition coefficient (Wildman–Crippen LogP) is 2.71. The Labute approximate surface area is 117 Å². The second kappa shape index (κ2) is 6.70. The van der Waals surface area contributed by atoms with Gasteiger partial charge in [-0.1, -0.05) is 20.8 Å². The minimum atomic E-state index is -0.869. The number of hydrogen-bond acceptors (Lipinski definition) is 3. The van der Waals surface area contributed by atoms with Gasteiger partial charge in [-0.05, 0) is 30.9 Å². The van der Waals surface area contributed by atoms with Crippen molar-refractivity contribution in [3.63, 3.8) is 0 Å². The Balaban J connectivity index is 2.66. The van der Waals surface area contributed by atoms with Crippen molar-refractivity contribution in [2.75, 3.05) is 6.54 Å². The highest BCUT2D eigenvalue weighted by Gasteiger charge is 2.22. The molecule has 0 aliphatic rings. The van der Waals surface area contributed by atoms with Gasteiger partial charge in [0.25, 0.3) is 5.91 Å². The molecule has 0 aliphatic heterocycles. The molecule has 0 fully saturated rings. The zero-order chi connectivity index (χ0) is 14.6. The van der Waals surface area contributed by atoms with E-state index in [1.807, 2.05) is 26.8 Å². The molecule has 0 bridgehead atoms. The van der Waals surface area contributed by atoms with Crippen LogP contribution in [-0.2, 0) is 11.2 Å². The van der Waals surface area contributed by atoms with Crippen molar-refractivity contribution < 1.29 is 14.7 Å². The smallest absolute Gasteiger partial charge is 0.308 e. The number of nitrogens with one attached hydrogen (secondary N) is 1. The molecule has 0 saturated carbocycles. The summed E-state index contributed by atoms with van der Waals surface area (Å²) in [4.78, 5) is 24.8. The second-order valence-electron chi connectivity index (χ2n) is 4.94. The van der Waals surface area contributed by atoms with E-state index in [-0.39, 0.29) is 18.4 Å². The maximum atomic E-state index is 12.0. The molecule has 0 aromatic carbocycles. The minimum absolute atomic E-state index is 0.00549. The zero-order valence-electron chi connectivity index (χ0n) is 11.8. The highest BCUT2D eigenvalue weighted by molar-refractivity contribution is 7.14. The molecule has 1 unspecified atom stereocenters. The first-order chi connectivity index (χ1) is 8.86. The first kappa shape index (κ1) is 15.7. The SMILES string of the molecule is CCc1cc(C(=O)NCC(C(=O)O)C(C)C)sc1C. The number of carbonyl (C=O) groups excluding carboxylic acids is 1. The van der Waals surface area contributed by atoms with Crippen LogP contribution in [0.25, 0.3) is 0 Å². The lowest BCUT2D eigenvalue weighted by Gasteiger charge is -2.16. The van der Waals surface area contributed by atoms with Gasteiger partial charge in [-0.25, -0.2) is 0 Å². The molecule has 5 heteroatoms. The number of thiophene rings is 1. The van der Waals surface area contributed by atoms with E-state index < -0.39 is 11.9 Å². The van der Waals surface area contributed by atoms with Crippen LogP contribution >= 0.6 is 11.3 Å². The van der Waals surface area contributed by atoms with Crippen LogP contribution < -0.4 is 5.32 Å². The summed E-state index contributed by atoms with van der Waals surface area (Å²) in [6.07, 6.45) is 0.902. The van der Waals surface area contributed by atoms with E-state index in [0.717, 1.165) is 11.3 Å². The molecule has 2 N–H and O–H groups in total. The molecule has 4 nitrogen and oxygen atoms in total. The maximum Gasteiger partial charge on any atom is 0.308 e. The van der Waals surface area contributed by atoms with Crippen LogP contribution in [0.5, 0.6) is 0 Å². The van der Waals surface area contributed by atoms with Crippen molar-refractivity contribution in [3.05, 3.63) is 21.4 Å².